The van der Waals surface area contributed by atoms with Crippen LogP contribution in [0, 0.1) is 0 Å². The molecule has 100 valence electrons. The van der Waals surface area contributed by atoms with Gasteiger partial charge in [0.1, 0.15) is 5.82 Å². The van der Waals surface area contributed by atoms with Crippen LogP contribution in [0.3, 0.4) is 0 Å². The molecule has 18 heavy (non-hydrogen) atoms. The van der Waals surface area contributed by atoms with Crippen LogP contribution < -0.4 is 5.32 Å². The Labute approximate surface area is 108 Å². The minimum absolute atomic E-state index is 0.0619. The van der Waals surface area contributed by atoms with Crippen molar-refractivity contribution in [2.75, 3.05) is 32.5 Å². The first-order chi connectivity index (χ1) is 8.58. The molecule has 0 aliphatic carbocycles. The van der Waals surface area contributed by atoms with Crippen molar-refractivity contribution in [1.82, 2.24) is 19.6 Å². The Kier molecular flexibility index (Phi) is 3.86. The fourth-order valence-corrected chi connectivity index (χ4v) is 2.24. The first-order valence-electron chi connectivity index (χ1n) is 6.28. The fourth-order valence-electron chi connectivity index (χ4n) is 2.24. The minimum atomic E-state index is -0.0619. The number of anilines is 1. The van der Waals surface area contributed by atoms with Crippen LogP contribution in [0.1, 0.15) is 12.8 Å². The molecule has 2 rings (SSSR count). The summed E-state index contributed by atoms with van der Waals surface area (Å²) in [5.74, 6) is 0.722. The minimum Gasteiger partial charge on any atom is -0.324 e. The van der Waals surface area contributed by atoms with Crippen molar-refractivity contribution < 1.29 is 4.79 Å². The molecule has 0 saturated carbocycles. The number of hydrogen-bond acceptors (Lipinski definition) is 3. The largest absolute Gasteiger partial charge is 0.324 e. The van der Waals surface area contributed by atoms with E-state index in [1.54, 1.807) is 21.8 Å². The summed E-state index contributed by atoms with van der Waals surface area (Å²) >= 11 is 0. The van der Waals surface area contributed by atoms with Crippen molar-refractivity contribution >= 4 is 11.8 Å². The molecule has 1 fully saturated rings. The molecule has 1 aromatic heterocycles. The highest BCUT2D eigenvalue weighted by molar-refractivity contribution is 5.88. The number of likely N-dealkylation sites (tertiary alicyclic amines) is 1. The normalized spacial score (nSPS) is 17.7. The molecule has 0 aromatic carbocycles. The van der Waals surface area contributed by atoms with Crippen molar-refractivity contribution in [3.05, 3.63) is 12.3 Å². The van der Waals surface area contributed by atoms with Crippen LogP contribution in [0.25, 0.3) is 0 Å². The number of nitrogens with one attached hydrogen (secondary N) is 1. The van der Waals surface area contributed by atoms with Crippen LogP contribution >= 0.6 is 0 Å². The molecule has 2 amide bonds. The van der Waals surface area contributed by atoms with E-state index in [9.17, 15) is 4.79 Å². The number of carbonyl (C=O) groups excluding carboxylic acids is 1. The molecular weight excluding hydrogens is 230 g/mol. The molecule has 6 heteroatoms. The van der Waals surface area contributed by atoms with Gasteiger partial charge in [-0.1, -0.05) is 0 Å². The number of nitrogens with zero attached hydrogens (tertiary/aromatic N) is 4. The second-order valence-electron chi connectivity index (χ2n) is 4.92. The standard InChI is InChI=1S/C12H21N5O/c1-15-8-5-10(6-9-15)16(2)12(18)14-11-4-7-13-17(11)3/h4,7,10H,5-6,8-9H2,1-3H3,(H,14,18). The summed E-state index contributed by atoms with van der Waals surface area (Å²) in [4.78, 5) is 16.2. The van der Waals surface area contributed by atoms with E-state index in [1.165, 1.54) is 0 Å². The van der Waals surface area contributed by atoms with Crippen LogP contribution in [-0.4, -0.2) is 58.8 Å². The van der Waals surface area contributed by atoms with Crippen molar-refractivity contribution in [2.45, 2.75) is 18.9 Å². The predicted molar refractivity (Wildman–Crippen MR) is 70.5 cm³/mol. The molecular formula is C12H21N5O. The van der Waals surface area contributed by atoms with Gasteiger partial charge >= 0.3 is 6.03 Å². The fraction of sp³-hybridized carbons (Fsp3) is 0.667. The van der Waals surface area contributed by atoms with E-state index in [4.69, 9.17) is 0 Å². The molecule has 0 bridgehead atoms. The summed E-state index contributed by atoms with van der Waals surface area (Å²) in [5.41, 5.74) is 0. The number of rotatable bonds is 2. The van der Waals surface area contributed by atoms with Gasteiger partial charge in [0.05, 0.1) is 6.20 Å². The number of carbonyl (C=O) groups is 1. The Hall–Kier alpha value is -1.56. The lowest BCUT2D eigenvalue weighted by Gasteiger charge is -2.35. The number of urea groups is 1. The summed E-state index contributed by atoms with van der Waals surface area (Å²) in [6, 6.07) is 2.06. The van der Waals surface area contributed by atoms with Crippen molar-refractivity contribution in [3.8, 4) is 0 Å². The number of amides is 2. The van der Waals surface area contributed by atoms with Gasteiger partial charge in [-0.15, -0.1) is 0 Å². The number of aryl methyl sites for hydroxylation is 1. The van der Waals surface area contributed by atoms with Gasteiger partial charge in [-0.2, -0.15) is 5.10 Å². The van der Waals surface area contributed by atoms with E-state index in [1.807, 2.05) is 14.1 Å². The van der Waals surface area contributed by atoms with Gasteiger partial charge in [-0.05, 0) is 33.0 Å². The highest BCUT2D eigenvalue weighted by atomic mass is 16.2. The highest BCUT2D eigenvalue weighted by Gasteiger charge is 2.24. The molecule has 0 radical (unpaired) electrons. The van der Waals surface area contributed by atoms with Crippen LogP contribution in [0.5, 0.6) is 0 Å². The van der Waals surface area contributed by atoms with Gasteiger partial charge in [-0.25, -0.2) is 4.79 Å². The maximum atomic E-state index is 12.1. The van der Waals surface area contributed by atoms with Gasteiger partial charge in [-0.3, -0.25) is 10.00 Å². The molecule has 6 nitrogen and oxygen atoms in total. The van der Waals surface area contributed by atoms with Gasteiger partial charge in [0.25, 0.3) is 0 Å². The smallest absolute Gasteiger partial charge is 0.322 e. The molecule has 1 aromatic rings. The van der Waals surface area contributed by atoms with Crippen LogP contribution in [0.4, 0.5) is 10.6 Å². The molecule has 2 heterocycles. The lowest BCUT2D eigenvalue weighted by atomic mass is 10.0. The molecule has 0 unspecified atom stereocenters. The van der Waals surface area contributed by atoms with Crippen LogP contribution in [0.2, 0.25) is 0 Å². The molecule has 1 aliphatic heterocycles. The van der Waals surface area contributed by atoms with Gasteiger partial charge in [0.2, 0.25) is 0 Å². The Morgan fingerprint density at radius 2 is 2.11 bits per heavy atom. The quantitative estimate of drug-likeness (QED) is 0.852. The zero-order valence-corrected chi connectivity index (χ0v) is 11.3. The number of hydrogen-bond donors (Lipinski definition) is 1. The highest BCUT2D eigenvalue weighted by Crippen LogP contribution is 2.15. The summed E-state index contributed by atoms with van der Waals surface area (Å²) in [5, 5.41) is 6.90. The summed E-state index contributed by atoms with van der Waals surface area (Å²) < 4.78 is 1.65. The first-order valence-corrected chi connectivity index (χ1v) is 6.28. The van der Waals surface area contributed by atoms with E-state index >= 15 is 0 Å². The number of piperidine rings is 1. The van der Waals surface area contributed by atoms with Crippen LogP contribution in [-0.2, 0) is 7.05 Å². The molecule has 0 atom stereocenters. The topological polar surface area (TPSA) is 53.4 Å². The Morgan fingerprint density at radius 1 is 1.44 bits per heavy atom. The Morgan fingerprint density at radius 3 is 2.67 bits per heavy atom. The van der Waals surface area contributed by atoms with E-state index in [0.29, 0.717) is 6.04 Å². The first kappa shape index (κ1) is 12.9. The number of aromatic nitrogens is 2. The van der Waals surface area contributed by atoms with Crippen LogP contribution in [0.15, 0.2) is 12.3 Å². The third-order valence-electron chi connectivity index (χ3n) is 3.61. The lowest BCUT2D eigenvalue weighted by molar-refractivity contribution is 0.156. The van der Waals surface area contributed by atoms with E-state index < -0.39 is 0 Å². The molecule has 1 N–H and O–H groups in total. The van der Waals surface area contributed by atoms with E-state index in [0.717, 1.165) is 31.7 Å². The third kappa shape index (κ3) is 2.81. The summed E-state index contributed by atoms with van der Waals surface area (Å²) in [6.07, 6.45) is 3.74. The van der Waals surface area contributed by atoms with Gasteiger partial charge in [0.15, 0.2) is 0 Å². The Bertz CT molecular complexity index is 408. The van der Waals surface area contributed by atoms with Crippen molar-refractivity contribution in [1.29, 1.82) is 0 Å². The van der Waals surface area contributed by atoms with Gasteiger partial charge in [0, 0.05) is 26.2 Å². The second kappa shape index (κ2) is 5.39. The SMILES string of the molecule is CN1CCC(N(C)C(=O)Nc2ccnn2C)CC1. The average molecular weight is 251 g/mol. The molecule has 1 saturated heterocycles. The average Bonchev–Trinajstić information content (AvgIpc) is 2.75. The predicted octanol–water partition coefficient (Wildman–Crippen LogP) is 0.978. The zero-order valence-electron chi connectivity index (χ0n) is 11.3. The maximum Gasteiger partial charge on any atom is 0.322 e. The monoisotopic (exact) mass is 251 g/mol. The molecule has 1 aliphatic rings. The summed E-state index contributed by atoms with van der Waals surface area (Å²) in [6.45, 7) is 2.10. The van der Waals surface area contributed by atoms with Crippen molar-refractivity contribution in [3.63, 3.8) is 0 Å². The van der Waals surface area contributed by atoms with E-state index in [2.05, 4.69) is 22.4 Å². The Balaban J connectivity index is 1.91. The summed E-state index contributed by atoms with van der Waals surface area (Å²) in [7, 11) is 5.79. The lowest BCUT2D eigenvalue weighted by Crippen LogP contribution is -2.46. The van der Waals surface area contributed by atoms with E-state index in [-0.39, 0.29) is 6.03 Å². The zero-order chi connectivity index (χ0) is 13.1. The van der Waals surface area contributed by atoms with Gasteiger partial charge < -0.3 is 9.80 Å². The third-order valence-corrected chi connectivity index (χ3v) is 3.61. The van der Waals surface area contributed by atoms with Crippen molar-refractivity contribution in [2.24, 2.45) is 7.05 Å². The molecule has 0 spiro atoms. The second-order valence-corrected chi connectivity index (χ2v) is 4.92. The maximum absolute atomic E-state index is 12.1.